The second kappa shape index (κ2) is 8.35. The molecule has 1 aliphatic carbocycles. The molecular weight excluding hydrogens is 388 g/mol. The van der Waals surface area contributed by atoms with Crippen molar-refractivity contribution in [3.05, 3.63) is 53.6 Å². The van der Waals surface area contributed by atoms with Gasteiger partial charge in [-0.1, -0.05) is 6.07 Å². The fraction of sp³-hybridized carbons (Fsp3) is 0.440. The standard InChI is InChI=1S/C25H30N4O2/c1-18(30)29-10-9-20-15-21(7-8-24(20)29)25(31)26-22-3-2-4-23(16-22)28-13-11-27(12-14-28)17-19-5-6-19/h2-4,7-8,15-16,19H,5-6,9-14,17H2,1H3,(H,26,31). The van der Waals surface area contributed by atoms with Crippen molar-refractivity contribution in [2.75, 3.05) is 54.4 Å². The van der Waals surface area contributed by atoms with E-state index >= 15 is 0 Å². The first kappa shape index (κ1) is 20.1. The molecule has 2 amide bonds. The van der Waals surface area contributed by atoms with Gasteiger partial charge in [-0.25, -0.2) is 0 Å². The van der Waals surface area contributed by atoms with E-state index in [-0.39, 0.29) is 11.8 Å². The molecule has 0 aromatic heterocycles. The van der Waals surface area contributed by atoms with Gasteiger partial charge in [0, 0.05) is 68.8 Å². The Morgan fingerprint density at radius 2 is 1.81 bits per heavy atom. The number of nitrogens with one attached hydrogen (secondary N) is 1. The van der Waals surface area contributed by atoms with Gasteiger partial charge in [-0.15, -0.1) is 0 Å². The zero-order valence-electron chi connectivity index (χ0n) is 18.1. The summed E-state index contributed by atoms with van der Waals surface area (Å²) in [4.78, 5) is 31.4. The number of amides is 2. The molecule has 1 saturated carbocycles. The van der Waals surface area contributed by atoms with Crippen LogP contribution in [-0.4, -0.2) is 56.0 Å². The van der Waals surface area contributed by atoms with Crippen LogP contribution in [0.1, 0.15) is 35.7 Å². The number of carbonyl (C=O) groups excluding carboxylic acids is 2. The molecule has 0 atom stereocenters. The summed E-state index contributed by atoms with van der Waals surface area (Å²) < 4.78 is 0. The van der Waals surface area contributed by atoms with Crippen LogP contribution in [0, 0.1) is 5.92 Å². The molecule has 2 fully saturated rings. The van der Waals surface area contributed by atoms with Crippen molar-refractivity contribution in [1.82, 2.24) is 4.90 Å². The highest BCUT2D eigenvalue weighted by Gasteiger charge is 2.26. The molecule has 1 saturated heterocycles. The summed E-state index contributed by atoms with van der Waals surface area (Å²) in [6, 6.07) is 13.7. The first-order valence-corrected chi connectivity index (χ1v) is 11.4. The number of hydrogen-bond acceptors (Lipinski definition) is 4. The third kappa shape index (κ3) is 4.44. The second-order valence-corrected chi connectivity index (χ2v) is 9.00. The SMILES string of the molecule is CC(=O)N1CCc2cc(C(=O)Nc3cccc(N4CCN(CC5CC5)CC4)c3)ccc21. The second-order valence-electron chi connectivity index (χ2n) is 9.00. The fourth-order valence-corrected chi connectivity index (χ4v) is 4.71. The van der Waals surface area contributed by atoms with E-state index < -0.39 is 0 Å². The van der Waals surface area contributed by atoms with Crippen LogP contribution in [0.5, 0.6) is 0 Å². The van der Waals surface area contributed by atoms with Gasteiger partial charge in [-0.3, -0.25) is 14.5 Å². The van der Waals surface area contributed by atoms with Crippen molar-refractivity contribution in [2.45, 2.75) is 26.2 Å². The highest BCUT2D eigenvalue weighted by molar-refractivity contribution is 6.05. The molecule has 0 radical (unpaired) electrons. The maximum absolute atomic E-state index is 12.9. The van der Waals surface area contributed by atoms with E-state index in [0.29, 0.717) is 12.1 Å². The molecule has 0 spiro atoms. The summed E-state index contributed by atoms with van der Waals surface area (Å²) in [5, 5.41) is 3.05. The van der Waals surface area contributed by atoms with Gasteiger partial charge in [0.25, 0.3) is 5.91 Å². The summed E-state index contributed by atoms with van der Waals surface area (Å²) in [5.74, 6) is 0.867. The number of anilines is 3. The van der Waals surface area contributed by atoms with Crippen LogP contribution < -0.4 is 15.1 Å². The molecule has 3 aliphatic rings. The van der Waals surface area contributed by atoms with E-state index in [1.165, 1.54) is 19.4 Å². The van der Waals surface area contributed by atoms with Gasteiger partial charge in [0.2, 0.25) is 5.91 Å². The zero-order chi connectivity index (χ0) is 21.4. The predicted molar refractivity (Wildman–Crippen MR) is 124 cm³/mol. The van der Waals surface area contributed by atoms with Gasteiger partial charge in [0.05, 0.1) is 0 Å². The van der Waals surface area contributed by atoms with E-state index in [2.05, 4.69) is 27.2 Å². The van der Waals surface area contributed by atoms with E-state index in [1.54, 1.807) is 17.9 Å². The minimum absolute atomic E-state index is 0.0427. The van der Waals surface area contributed by atoms with Crippen LogP contribution in [0.2, 0.25) is 0 Å². The van der Waals surface area contributed by atoms with E-state index in [9.17, 15) is 9.59 Å². The Bertz CT molecular complexity index is 993. The summed E-state index contributed by atoms with van der Waals surface area (Å²) >= 11 is 0. The highest BCUT2D eigenvalue weighted by Crippen LogP contribution is 2.31. The molecule has 2 aliphatic heterocycles. The average molecular weight is 419 g/mol. The molecule has 2 heterocycles. The normalized spacial score (nSPS) is 18.7. The van der Waals surface area contributed by atoms with Crippen LogP contribution in [0.4, 0.5) is 17.1 Å². The Labute approximate surface area is 183 Å². The van der Waals surface area contributed by atoms with Crippen LogP contribution in [0.25, 0.3) is 0 Å². The molecule has 1 N–H and O–H groups in total. The number of carbonyl (C=O) groups is 2. The summed E-state index contributed by atoms with van der Waals surface area (Å²) in [6.07, 6.45) is 3.60. The van der Waals surface area contributed by atoms with Crippen molar-refractivity contribution >= 4 is 28.9 Å². The third-order valence-corrected chi connectivity index (χ3v) is 6.67. The Kier molecular flexibility index (Phi) is 5.40. The molecule has 0 unspecified atom stereocenters. The topological polar surface area (TPSA) is 55.9 Å². The van der Waals surface area contributed by atoms with Crippen LogP contribution in [0.3, 0.4) is 0 Å². The number of benzene rings is 2. The summed E-state index contributed by atoms with van der Waals surface area (Å²) in [5.41, 5.74) is 4.58. The maximum atomic E-state index is 12.9. The first-order chi connectivity index (χ1) is 15.1. The molecule has 2 aromatic carbocycles. The number of hydrogen-bond donors (Lipinski definition) is 1. The first-order valence-electron chi connectivity index (χ1n) is 11.4. The van der Waals surface area contributed by atoms with E-state index in [4.69, 9.17) is 0 Å². The number of piperazine rings is 1. The highest BCUT2D eigenvalue weighted by atomic mass is 16.2. The Morgan fingerprint density at radius 3 is 2.55 bits per heavy atom. The molecule has 31 heavy (non-hydrogen) atoms. The largest absolute Gasteiger partial charge is 0.369 e. The van der Waals surface area contributed by atoms with Gasteiger partial charge in [0.1, 0.15) is 0 Å². The lowest BCUT2D eigenvalue weighted by Crippen LogP contribution is -2.47. The Hall–Kier alpha value is -2.86. The van der Waals surface area contributed by atoms with E-state index in [1.807, 2.05) is 24.3 Å². The van der Waals surface area contributed by atoms with Crippen molar-refractivity contribution in [3.8, 4) is 0 Å². The fourth-order valence-electron chi connectivity index (χ4n) is 4.71. The number of fused-ring (bicyclic) bond motifs is 1. The van der Waals surface area contributed by atoms with Crippen molar-refractivity contribution in [1.29, 1.82) is 0 Å². The molecule has 6 nitrogen and oxygen atoms in total. The Morgan fingerprint density at radius 1 is 1.00 bits per heavy atom. The molecule has 5 rings (SSSR count). The summed E-state index contributed by atoms with van der Waals surface area (Å²) in [6.45, 7) is 7.80. The molecule has 2 aromatic rings. The minimum atomic E-state index is -0.115. The van der Waals surface area contributed by atoms with Crippen molar-refractivity contribution in [3.63, 3.8) is 0 Å². The van der Waals surface area contributed by atoms with Gasteiger partial charge in [0.15, 0.2) is 0 Å². The smallest absolute Gasteiger partial charge is 0.255 e. The van der Waals surface area contributed by atoms with Crippen LogP contribution in [0.15, 0.2) is 42.5 Å². The number of rotatable bonds is 5. The molecule has 0 bridgehead atoms. The third-order valence-electron chi connectivity index (χ3n) is 6.67. The maximum Gasteiger partial charge on any atom is 0.255 e. The molecule has 6 heteroatoms. The summed E-state index contributed by atoms with van der Waals surface area (Å²) in [7, 11) is 0. The van der Waals surface area contributed by atoms with E-state index in [0.717, 1.165) is 61.1 Å². The number of nitrogens with zero attached hydrogens (tertiary/aromatic N) is 3. The minimum Gasteiger partial charge on any atom is -0.369 e. The molecular formula is C25H30N4O2. The monoisotopic (exact) mass is 418 g/mol. The predicted octanol–water partition coefficient (Wildman–Crippen LogP) is 3.38. The molecule has 162 valence electrons. The zero-order valence-corrected chi connectivity index (χ0v) is 18.1. The van der Waals surface area contributed by atoms with Gasteiger partial charge in [-0.2, -0.15) is 0 Å². The van der Waals surface area contributed by atoms with Gasteiger partial charge >= 0.3 is 0 Å². The van der Waals surface area contributed by atoms with Gasteiger partial charge < -0.3 is 15.1 Å². The van der Waals surface area contributed by atoms with Gasteiger partial charge in [-0.05, 0) is 67.1 Å². The lowest BCUT2D eigenvalue weighted by Gasteiger charge is -2.36. The van der Waals surface area contributed by atoms with Crippen LogP contribution >= 0.6 is 0 Å². The Balaban J connectivity index is 1.23. The quantitative estimate of drug-likeness (QED) is 0.809. The van der Waals surface area contributed by atoms with Crippen LogP contribution in [-0.2, 0) is 11.2 Å². The average Bonchev–Trinajstić information content (AvgIpc) is 3.48. The lowest BCUT2D eigenvalue weighted by atomic mass is 10.1. The lowest BCUT2D eigenvalue weighted by molar-refractivity contribution is -0.116. The van der Waals surface area contributed by atoms with Crippen molar-refractivity contribution in [2.24, 2.45) is 5.92 Å². The van der Waals surface area contributed by atoms with Crippen molar-refractivity contribution < 1.29 is 9.59 Å².